The van der Waals surface area contributed by atoms with Gasteiger partial charge in [0.2, 0.25) is 0 Å². The molecular formula is C12H19NO2. The highest BCUT2D eigenvalue weighted by molar-refractivity contribution is 5.50. The maximum atomic E-state index is 5.67. The summed E-state index contributed by atoms with van der Waals surface area (Å²) in [6.07, 6.45) is 0. The van der Waals surface area contributed by atoms with Crippen LogP contribution in [-0.2, 0) is 0 Å². The van der Waals surface area contributed by atoms with E-state index in [0.717, 1.165) is 22.6 Å². The smallest absolute Gasteiger partial charge is 0.164 e. The number of hydrogen-bond donors (Lipinski definition) is 1. The second kappa shape index (κ2) is 5.03. The molecule has 2 N–H and O–H groups in total. The molecule has 0 aliphatic carbocycles. The molecule has 84 valence electrons. The Morgan fingerprint density at radius 3 is 2.40 bits per heavy atom. The molecular weight excluding hydrogens is 190 g/mol. The molecule has 0 saturated carbocycles. The lowest BCUT2D eigenvalue weighted by Crippen LogP contribution is -2.10. The average molecular weight is 209 g/mol. The fourth-order valence-corrected chi connectivity index (χ4v) is 1.63. The van der Waals surface area contributed by atoms with Crippen LogP contribution in [0.25, 0.3) is 0 Å². The molecule has 0 saturated heterocycles. The third kappa shape index (κ3) is 2.42. The molecule has 0 fully saturated rings. The number of methoxy groups -OCH3 is 2. The summed E-state index contributed by atoms with van der Waals surface area (Å²) >= 11 is 0. The zero-order chi connectivity index (χ0) is 11.4. The van der Waals surface area contributed by atoms with Crippen LogP contribution in [0.3, 0.4) is 0 Å². The highest BCUT2D eigenvalue weighted by atomic mass is 16.5. The fourth-order valence-electron chi connectivity index (χ4n) is 1.63. The van der Waals surface area contributed by atoms with E-state index in [4.69, 9.17) is 15.2 Å². The second-order valence-corrected chi connectivity index (χ2v) is 3.73. The van der Waals surface area contributed by atoms with Gasteiger partial charge in [-0.25, -0.2) is 0 Å². The molecule has 1 aromatic rings. The third-order valence-electron chi connectivity index (χ3n) is 2.54. The lowest BCUT2D eigenvalue weighted by molar-refractivity contribution is 0.349. The second-order valence-electron chi connectivity index (χ2n) is 3.73. The van der Waals surface area contributed by atoms with Gasteiger partial charge in [-0.3, -0.25) is 0 Å². The Balaban J connectivity index is 3.28. The van der Waals surface area contributed by atoms with Crippen LogP contribution in [0, 0.1) is 6.92 Å². The highest BCUT2D eigenvalue weighted by Crippen LogP contribution is 2.36. The Bertz CT molecular complexity index is 337. The van der Waals surface area contributed by atoms with E-state index in [1.165, 1.54) is 0 Å². The van der Waals surface area contributed by atoms with E-state index in [9.17, 15) is 0 Å². The van der Waals surface area contributed by atoms with Crippen LogP contribution >= 0.6 is 0 Å². The summed E-state index contributed by atoms with van der Waals surface area (Å²) in [6.45, 7) is 4.72. The van der Waals surface area contributed by atoms with Crippen LogP contribution < -0.4 is 15.2 Å². The molecule has 0 aliphatic heterocycles. The summed E-state index contributed by atoms with van der Waals surface area (Å²) in [4.78, 5) is 0. The van der Waals surface area contributed by atoms with Crippen molar-refractivity contribution in [2.24, 2.45) is 5.73 Å². The predicted molar refractivity (Wildman–Crippen MR) is 61.8 cm³/mol. The molecule has 0 bridgehead atoms. The molecule has 15 heavy (non-hydrogen) atoms. The number of rotatable bonds is 4. The Morgan fingerprint density at radius 2 is 1.93 bits per heavy atom. The van der Waals surface area contributed by atoms with Crippen molar-refractivity contribution in [2.75, 3.05) is 20.8 Å². The summed E-state index contributed by atoms with van der Waals surface area (Å²) in [7, 11) is 3.30. The first kappa shape index (κ1) is 11.9. The van der Waals surface area contributed by atoms with Gasteiger partial charge < -0.3 is 15.2 Å². The highest BCUT2D eigenvalue weighted by Gasteiger charge is 2.15. The van der Waals surface area contributed by atoms with Crippen LogP contribution in [-0.4, -0.2) is 20.8 Å². The molecule has 3 heteroatoms. The maximum Gasteiger partial charge on any atom is 0.164 e. The maximum absolute atomic E-state index is 5.67. The van der Waals surface area contributed by atoms with Gasteiger partial charge in [-0.1, -0.05) is 13.0 Å². The minimum Gasteiger partial charge on any atom is -0.493 e. The van der Waals surface area contributed by atoms with Gasteiger partial charge in [-0.15, -0.1) is 0 Å². The van der Waals surface area contributed by atoms with E-state index in [0.29, 0.717) is 6.54 Å². The Kier molecular flexibility index (Phi) is 3.97. The predicted octanol–water partition coefficient (Wildman–Crippen LogP) is 2.07. The molecule has 0 heterocycles. The fraction of sp³-hybridized carbons (Fsp3) is 0.500. The van der Waals surface area contributed by atoms with Gasteiger partial charge in [-0.2, -0.15) is 0 Å². The minimum absolute atomic E-state index is 0.272. The van der Waals surface area contributed by atoms with Gasteiger partial charge in [0.15, 0.2) is 11.5 Å². The van der Waals surface area contributed by atoms with E-state index < -0.39 is 0 Å². The number of benzene rings is 1. The monoisotopic (exact) mass is 209 g/mol. The molecule has 1 unspecified atom stereocenters. The van der Waals surface area contributed by atoms with Crippen molar-refractivity contribution in [3.05, 3.63) is 23.3 Å². The van der Waals surface area contributed by atoms with E-state index in [1.807, 2.05) is 13.0 Å². The molecule has 0 aromatic heterocycles. The molecule has 0 aliphatic rings. The number of nitrogens with two attached hydrogens (primary N) is 1. The summed E-state index contributed by atoms with van der Waals surface area (Å²) < 4.78 is 10.7. The first-order valence-corrected chi connectivity index (χ1v) is 5.06. The van der Waals surface area contributed by atoms with Gasteiger partial charge in [0.05, 0.1) is 14.2 Å². The number of ether oxygens (including phenoxy) is 2. The zero-order valence-corrected chi connectivity index (χ0v) is 9.83. The van der Waals surface area contributed by atoms with Crippen molar-refractivity contribution in [1.29, 1.82) is 0 Å². The van der Waals surface area contributed by atoms with Gasteiger partial charge in [0.25, 0.3) is 0 Å². The van der Waals surface area contributed by atoms with E-state index in [2.05, 4.69) is 13.0 Å². The topological polar surface area (TPSA) is 44.5 Å². The minimum atomic E-state index is 0.272. The quantitative estimate of drug-likeness (QED) is 0.825. The molecule has 1 rings (SSSR count). The van der Waals surface area contributed by atoms with Crippen LogP contribution in [0.4, 0.5) is 0 Å². The van der Waals surface area contributed by atoms with Crippen LogP contribution in [0.5, 0.6) is 11.5 Å². The third-order valence-corrected chi connectivity index (χ3v) is 2.54. The molecule has 3 nitrogen and oxygen atoms in total. The lowest BCUT2D eigenvalue weighted by atomic mass is 9.97. The van der Waals surface area contributed by atoms with Crippen molar-refractivity contribution in [1.82, 2.24) is 0 Å². The Labute approximate surface area is 91.2 Å². The Morgan fingerprint density at radius 1 is 1.27 bits per heavy atom. The van der Waals surface area contributed by atoms with Gasteiger partial charge in [0, 0.05) is 5.56 Å². The number of aryl methyl sites for hydroxylation is 1. The molecule has 0 spiro atoms. The molecule has 1 atom stereocenters. The summed E-state index contributed by atoms with van der Waals surface area (Å²) in [5.41, 5.74) is 7.94. The lowest BCUT2D eigenvalue weighted by Gasteiger charge is -2.17. The van der Waals surface area contributed by atoms with Crippen molar-refractivity contribution in [3.63, 3.8) is 0 Å². The largest absolute Gasteiger partial charge is 0.493 e. The van der Waals surface area contributed by atoms with Crippen molar-refractivity contribution in [2.45, 2.75) is 19.8 Å². The van der Waals surface area contributed by atoms with Gasteiger partial charge >= 0.3 is 0 Å². The van der Waals surface area contributed by atoms with Crippen molar-refractivity contribution >= 4 is 0 Å². The van der Waals surface area contributed by atoms with Crippen molar-refractivity contribution < 1.29 is 9.47 Å². The zero-order valence-electron chi connectivity index (χ0n) is 9.83. The SMILES string of the molecule is COc1cc(C)cc(C(C)CN)c1OC. The summed E-state index contributed by atoms with van der Waals surface area (Å²) in [5, 5.41) is 0. The molecule has 0 radical (unpaired) electrons. The first-order chi connectivity index (χ1) is 7.13. The van der Waals surface area contributed by atoms with Crippen LogP contribution in [0.2, 0.25) is 0 Å². The Hall–Kier alpha value is -1.22. The van der Waals surface area contributed by atoms with Crippen LogP contribution in [0.15, 0.2) is 12.1 Å². The van der Waals surface area contributed by atoms with E-state index in [-0.39, 0.29) is 5.92 Å². The average Bonchev–Trinajstić information content (AvgIpc) is 2.26. The number of hydrogen-bond acceptors (Lipinski definition) is 3. The summed E-state index contributed by atoms with van der Waals surface area (Å²) in [5.74, 6) is 1.84. The standard InChI is InChI=1S/C12H19NO2/c1-8-5-10(9(2)7-13)12(15-4)11(6-8)14-3/h5-6,9H,7,13H2,1-4H3. The first-order valence-electron chi connectivity index (χ1n) is 5.06. The molecule has 1 aromatic carbocycles. The van der Waals surface area contributed by atoms with Gasteiger partial charge in [-0.05, 0) is 31.0 Å². The van der Waals surface area contributed by atoms with E-state index >= 15 is 0 Å². The molecule has 0 amide bonds. The van der Waals surface area contributed by atoms with Gasteiger partial charge in [0.1, 0.15) is 0 Å². The van der Waals surface area contributed by atoms with E-state index in [1.54, 1.807) is 14.2 Å². The normalized spacial score (nSPS) is 12.3. The van der Waals surface area contributed by atoms with Crippen molar-refractivity contribution in [3.8, 4) is 11.5 Å². The van der Waals surface area contributed by atoms with Crippen LogP contribution in [0.1, 0.15) is 24.0 Å². The summed E-state index contributed by atoms with van der Waals surface area (Å²) in [6, 6.07) is 4.06.